The molecule has 0 spiro atoms. The molecule has 0 aliphatic rings. The smallest absolute Gasteiger partial charge is 0.212 e. The van der Waals surface area contributed by atoms with E-state index in [2.05, 4.69) is 25.8 Å². The van der Waals surface area contributed by atoms with Crippen LogP contribution in [0.4, 0.5) is 0 Å². The molecule has 0 atom stereocenters. The van der Waals surface area contributed by atoms with E-state index in [1.807, 2.05) is 30.3 Å². The van der Waals surface area contributed by atoms with Crippen molar-refractivity contribution in [2.45, 2.75) is 98.1 Å². The Morgan fingerprint density at radius 2 is 1.61 bits per heavy atom. The largest absolute Gasteiger partial charge is 0.361 e. The third kappa shape index (κ3) is 9.23. The van der Waals surface area contributed by atoms with Gasteiger partial charge in [0.2, 0.25) is 5.78 Å². The van der Waals surface area contributed by atoms with Crippen LogP contribution in [0, 0.1) is 16.7 Å². The van der Waals surface area contributed by atoms with Crippen molar-refractivity contribution in [3.8, 4) is 6.07 Å². The first-order chi connectivity index (χ1) is 14.9. The zero-order valence-electron chi connectivity index (χ0n) is 19.7. The van der Waals surface area contributed by atoms with E-state index in [1.165, 1.54) is 57.8 Å². The topological polar surface area (TPSA) is 67.9 Å². The van der Waals surface area contributed by atoms with Gasteiger partial charge in [-0.05, 0) is 30.4 Å². The minimum absolute atomic E-state index is 0.167. The molecule has 0 saturated carbocycles. The van der Waals surface area contributed by atoms with E-state index in [9.17, 15) is 4.79 Å². The number of nitriles is 1. The Bertz CT molecular complexity index is 842. The fraction of sp³-hybridized carbons (Fsp3) is 0.654. The highest BCUT2D eigenvalue weighted by atomic mass is 16.5. The molecule has 0 unspecified atom stereocenters. The molecule has 5 heteroatoms. The van der Waals surface area contributed by atoms with Crippen molar-refractivity contribution in [1.82, 2.24) is 9.55 Å². The van der Waals surface area contributed by atoms with E-state index in [4.69, 9.17) is 10.00 Å². The van der Waals surface area contributed by atoms with Gasteiger partial charge in [0.25, 0.3) is 0 Å². The highest BCUT2D eigenvalue weighted by Gasteiger charge is 2.17. The number of hydrogen-bond acceptors (Lipinski definition) is 4. The fourth-order valence-corrected chi connectivity index (χ4v) is 3.82. The average Bonchev–Trinajstić information content (AvgIpc) is 3.09. The maximum Gasteiger partial charge on any atom is 0.212 e. The van der Waals surface area contributed by atoms with Crippen molar-refractivity contribution in [2.24, 2.45) is 5.41 Å². The van der Waals surface area contributed by atoms with Gasteiger partial charge in [-0.25, -0.2) is 4.98 Å². The number of ketones is 1. The molecule has 1 aromatic heterocycles. The number of carbonyl (C=O) groups excluding carboxylic acids is 1. The van der Waals surface area contributed by atoms with Crippen LogP contribution >= 0.6 is 0 Å². The quantitative estimate of drug-likeness (QED) is 0.226. The lowest BCUT2D eigenvalue weighted by Crippen LogP contribution is -2.12. The number of unbranched alkanes of at least 4 members (excludes halogenated alkanes) is 8. The molecule has 2 aromatic rings. The van der Waals surface area contributed by atoms with Gasteiger partial charge in [-0.1, -0.05) is 84.3 Å². The molecule has 5 nitrogen and oxygen atoms in total. The van der Waals surface area contributed by atoms with Gasteiger partial charge >= 0.3 is 0 Å². The lowest BCUT2D eigenvalue weighted by atomic mass is 9.89. The van der Waals surface area contributed by atoms with Crippen LogP contribution in [0.3, 0.4) is 0 Å². The maximum atomic E-state index is 12.2. The number of imidazole rings is 1. The van der Waals surface area contributed by atoms with Gasteiger partial charge in [-0.3, -0.25) is 9.36 Å². The predicted molar refractivity (Wildman–Crippen MR) is 126 cm³/mol. The van der Waals surface area contributed by atoms with Crippen LogP contribution in [0.25, 0.3) is 11.0 Å². The highest BCUT2D eigenvalue weighted by molar-refractivity contribution is 5.97. The minimum atomic E-state index is -0.263. The highest BCUT2D eigenvalue weighted by Crippen LogP contribution is 2.22. The van der Waals surface area contributed by atoms with E-state index < -0.39 is 0 Å². The second-order valence-electron chi connectivity index (χ2n) is 9.64. The Morgan fingerprint density at radius 3 is 2.26 bits per heavy atom. The lowest BCUT2D eigenvalue weighted by Gasteiger charge is -2.17. The van der Waals surface area contributed by atoms with Crippen LogP contribution < -0.4 is 0 Å². The fourth-order valence-electron chi connectivity index (χ4n) is 3.82. The van der Waals surface area contributed by atoms with Crippen molar-refractivity contribution in [2.75, 3.05) is 6.61 Å². The molecule has 0 aliphatic heterocycles. The van der Waals surface area contributed by atoms with Crippen molar-refractivity contribution in [3.05, 3.63) is 30.1 Å². The predicted octanol–water partition coefficient (Wildman–Crippen LogP) is 7.05. The van der Waals surface area contributed by atoms with Crippen LogP contribution in [0.5, 0.6) is 0 Å². The summed E-state index contributed by atoms with van der Waals surface area (Å²) in [6.45, 7) is 7.93. The van der Waals surface area contributed by atoms with Crippen LogP contribution in [0.1, 0.15) is 102 Å². The number of ether oxygens (including phenoxy) is 1. The van der Waals surface area contributed by atoms with Crippen molar-refractivity contribution in [3.63, 3.8) is 0 Å². The molecule has 0 bridgehead atoms. The molecular weight excluding hydrogens is 386 g/mol. The van der Waals surface area contributed by atoms with E-state index in [1.54, 1.807) is 4.57 Å². The average molecular weight is 426 g/mol. The molecule has 31 heavy (non-hydrogen) atoms. The number of benzene rings is 1. The second-order valence-corrected chi connectivity index (χ2v) is 9.64. The molecule has 0 radical (unpaired) electrons. The summed E-state index contributed by atoms with van der Waals surface area (Å²) in [7, 11) is 0. The third-order valence-corrected chi connectivity index (χ3v) is 5.58. The summed E-state index contributed by atoms with van der Waals surface area (Å²) in [6.07, 6.45) is 12.7. The summed E-state index contributed by atoms with van der Waals surface area (Å²) in [4.78, 5) is 16.6. The summed E-state index contributed by atoms with van der Waals surface area (Å²) in [5.74, 6) is 0.0472. The van der Waals surface area contributed by atoms with Crippen molar-refractivity contribution < 1.29 is 9.53 Å². The number of aromatic nitrogens is 2. The third-order valence-electron chi connectivity index (χ3n) is 5.58. The summed E-state index contributed by atoms with van der Waals surface area (Å²) < 4.78 is 7.63. The number of rotatable bonds is 15. The molecule has 0 saturated heterocycles. The zero-order valence-corrected chi connectivity index (χ0v) is 19.7. The first-order valence-corrected chi connectivity index (χ1v) is 11.9. The first-order valence-electron chi connectivity index (χ1n) is 11.9. The van der Waals surface area contributed by atoms with Gasteiger partial charge in [0.1, 0.15) is 13.2 Å². The summed E-state index contributed by atoms with van der Waals surface area (Å²) in [5.41, 5.74) is 2.10. The van der Waals surface area contributed by atoms with Gasteiger partial charge in [-0.2, -0.15) is 5.26 Å². The monoisotopic (exact) mass is 425 g/mol. The minimum Gasteiger partial charge on any atom is -0.361 e. The van der Waals surface area contributed by atoms with Crippen LogP contribution in [-0.4, -0.2) is 21.9 Å². The van der Waals surface area contributed by atoms with E-state index in [-0.39, 0.29) is 12.2 Å². The van der Waals surface area contributed by atoms with E-state index >= 15 is 0 Å². The Morgan fingerprint density at radius 1 is 1.00 bits per heavy atom. The van der Waals surface area contributed by atoms with E-state index in [0.29, 0.717) is 24.6 Å². The number of fused-ring (bicyclic) bond motifs is 1. The Kier molecular flexibility index (Phi) is 10.7. The standard InChI is InChI=1S/C26H39N3O2/c1-26(2,3)18-13-9-7-5-4-6-8-10-14-20-31-21-29-23-16-12-11-15-22(23)28-25(29)24(30)17-19-27/h11-12,15-16H,4-10,13-14,17-18,20-21H2,1-3H3. The normalized spacial score (nSPS) is 11.7. The Balaban J connectivity index is 1.59. The molecule has 0 N–H and O–H groups in total. The molecular formula is C26H39N3O2. The Hall–Kier alpha value is -2.19. The summed E-state index contributed by atoms with van der Waals surface area (Å²) in [5, 5.41) is 8.84. The van der Waals surface area contributed by atoms with Crippen LogP contribution in [-0.2, 0) is 11.5 Å². The van der Waals surface area contributed by atoms with Crippen molar-refractivity contribution >= 4 is 16.8 Å². The summed E-state index contributed by atoms with van der Waals surface area (Å²) >= 11 is 0. The van der Waals surface area contributed by atoms with Gasteiger partial charge in [-0.15, -0.1) is 0 Å². The van der Waals surface area contributed by atoms with Crippen molar-refractivity contribution in [1.29, 1.82) is 5.26 Å². The second kappa shape index (κ2) is 13.3. The molecule has 0 fully saturated rings. The van der Waals surface area contributed by atoms with Gasteiger partial charge in [0.15, 0.2) is 5.82 Å². The summed E-state index contributed by atoms with van der Waals surface area (Å²) in [6, 6.07) is 9.53. The molecule has 0 aliphatic carbocycles. The SMILES string of the molecule is CC(C)(C)CCCCCCCCCCCOCn1c(C(=O)CC#N)nc2ccccc21. The maximum absolute atomic E-state index is 12.2. The zero-order chi connectivity index (χ0) is 22.5. The number of carbonyl (C=O) groups is 1. The molecule has 2 rings (SSSR count). The Labute approximate surface area is 187 Å². The number of para-hydroxylation sites is 2. The van der Waals surface area contributed by atoms with Gasteiger partial charge in [0.05, 0.1) is 17.1 Å². The van der Waals surface area contributed by atoms with E-state index in [0.717, 1.165) is 17.5 Å². The molecule has 1 heterocycles. The lowest BCUT2D eigenvalue weighted by molar-refractivity contribution is 0.0718. The van der Waals surface area contributed by atoms with Gasteiger partial charge in [0, 0.05) is 6.61 Å². The molecule has 1 aromatic carbocycles. The molecule has 170 valence electrons. The first kappa shape index (κ1) is 25.1. The van der Waals surface area contributed by atoms with Crippen LogP contribution in [0.2, 0.25) is 0 Å². The number of nitrogens with zero attached hydrogens (tertiary/aromatic N) is 3. The number of Topliss-reactive ketones (excluding diaryl/α,β-unsaturated/α-hetero) is 1. The molecule has 0 amide bonds. The number of hydrogen-bond donors (Lipinski definition) is 0. The van der Waals surface area contributed by atoms with Gasteiger partial charge < -0.3 is 4.74 Å². The van der Waals surface area contributed by atoms with Crippen LogP contribution in [0.15, 0.2) is 24.3 Å².